The van der Waals surface area contributed by atoms with Crippen molar-refractivity contribution in [1.82, 2.24) is 4.72 Å². The average molecular weight is 292 g/mol. The second kappa shape index (κ2) is 5.30. The number of nitrogens with zero attached hydrogens (tertiary/aromatic N) is 1. The summed E-state index contributed by atoms with van der Waals surface area (Å²) in [6, 6.07) is 9.63. The summed E-state index contributed by atoms with van der Waals surface area (Å²) in [7, 11) is -3.55. The summed E-state index contributed by atoms with van der Waals surface area (Å²) in [6.07, 6.45) is 2.96. The molecular weight excluding hydrogens is 280 g/mol. The zero-order valence-corrected chi connectivity index (χ0v) is 11.4. The molecule has 2 aromatic rings. The van der Waals surface area contributed by atoms with Gasteiger partial charge in [0.1, 0.15) is 4.90 Å². The SMILES string of the molecule is Cc1cc[n+]([O-])cc1.O=C1NS(=O)(=O)c2ccccc21. The Morgan fingerprint density at radius 2 is 1.70 bits per heavy atom. The summed E-state index contributed by atoms with van der Waals surface area (Å²) in [5.74, 6) is -0.550. The third-order valence-corrected chi connectivity index (χ3v) is 4.01. The maximum absolute atomic E-state index is 11.1. The fourth-order valence-corrected chi connectivity index (χ4v) is 2.78. The molecule has 1 aromatic carbocycles. The lowest BCUT2D eigenvalue weighted by Gasteiger charge is -1.92. The molecule has 20 heavy (non-hydrogen) atoms. The van der Waals surface area contributed by atoms with E-state index in [9.17, 15) is 18.4 Å². The van der Waals surface area contributed by atoms with E-state index in [2.05, 4.69) is 0 Å². The fraction of sp³-hybridized carbons (Fsp3) is 0.0769. The maximum Gasteiger partial charge on any atom is 0.266 e. The van der Waals surface area contributed by atoms with E-state index in [4.69, 9.17) is 0 Å². The molecule has 0 unspecified atom stereocenters. The first-order valence-electron chi connectivity index (χ1n) is 5.72. The van der Waals surface area contributed by atoms with Crippen LogP contribution >= 0.6 is 0 Å². The highest BCUT2D eigenvalue weighted by atomic mass is 32.2. The van der Waals surface area contributed by atoms with Crippen LogP contribution in [-0.2, 0) is 10.0 Å². The Hall–Kier alpha value is -2.41. The highest BCUT2D eigenvalue weighted by molar-refractivity contribution is 7.90. The number of aromatic nitrogens is 1. The number of carbonyl (C=O) groups excluding carboxylic acids is 1. The molecule has 1 aliphatic heterocycles. The smallest absolute Gasteiger partial charge is 0.266 e. The normalized spacial score (nSPS) is 14.8. The summed E-state index contributed by atoms with van der Waals surface area (Å²) in [6.45, 7) is 1.94. The Morgan fingerprint density at radius 3 is 2.25 bits per heavy atom. The minimum absolute atomic E-state index is 0.0648. The molecule has 0 atom stereocenters. The predicted octanol–water partition coefficient (Wildman–Crippen LogP) is 0.747. The van der Waals surface area contributed by atoms with Crippen molar-refractivity contribution < 1.29 is 17.9 Å². The first-order valence-corrected chi connectivity index (χ1v) is 7.20. The number of rotatable bonds is 0. The first kappa shape index (κ1) is 14.0. The van der Waals surface area contributed by atoms with E-state index in [1.165, 1.54) is 24.5 Å². The third kappa shape index (κ3) is 2.94. The molecule has 3 rings (SSSR count). The molecule has 1 amide bonds. The molecule has 0 saturated carbocycles. The van der Waals surface area contributed by atoms with E-state index in [1.54, 1.807) is 24.3 Å². The number of pyridine rings is 1. The van der Waals surface area contributed by atoms with Crippen molar-refractivity contribution in [1.29, 1.82) is 0 Å². The van der Waals surface area contributed by atoms with Crippen LogP contribution in [0.4, 0.5) is 0 Å². The zero-order chi connectivity index (χ0) is 14.8. The Morgan fingerprint density at radius 1 is 1.10 bits per heavy atom. The second-order valence-corrected chi connectivity index (χ2v) is 5.82. The van der Waals surface area contributed by atoms with E-state index in [0.29, 0.717) is 0 Å². The molecule has 0 bridgehead atoms. The van der Waals surface area contributed by atoms with Crippen LogP contribution in [0.2, 0.25) is 0 Å². The standard InChI is InChI=1S/C7H5NO3S.C6H7NO/c9-7-5-3-1-2-4-6(5)12(10,11)8-7;1-6-2-4-7(8)5-3-6/h1-4H,(H,8,9);2-5H,1H3. The number of hydrogen-bond acceptors (Lipinski definition) is 4. The van der Waals surface area contributed by atoms with Crippen molar-refractivity contribution in [3.63, 3.8) is 0 Å². The van der Waals surface area contributed by atoms with Crippen molar-refractivity contribution in [2.45, 2.75) is 11.8 Å². The Labute approximate surface area is 116 Å². The number of hydrogen-bond donors (Lipinski definition) is 1. The van der Waals surface area contributed by atoms with Crippen LogP contribution < -0.4 is 9.45 Å². The fourth-order valence-electron chi connectivity index (χ4n) is 1.61. The van der Waals surface area contributed by atoms with Crippen LogP contribution in [0, 0.1) is 12.1 Å². The monoisotopic (exact) mass is 292 g/mol. The molecular formula is C13H12N2O4S. The van der Waals surface area contributed by atoms with Crippen LogP contribution in [0.3, 0.4) is 0 Å². The molecule has 1 N–H and O–H groups in total. The van der Waals surface area contributed by atoms with E-state index in [1.807, 2.05) is 11.6 Å². The first-order chi connectivity index (χ1) is 9.40. The van der Waals surface area contributed by atoms with Crippen molar-refractivity contribution in [2.75, 3.05) is 0 Å². The average Bonchev–Trinajstić information content (AvgIpc) is 2.65. The van der Waals surface area contributed by atoms with E-state index in [0.717, 1.165) is 10.3 Å². The van der Waals surface area contributed by atoms with Gasteiger partial charge in [-0.1, -0.05) is 12.1 Å². The van der Waals surface area contributed by atoms with Gasteiger partial charge in [0.05, 0.1) is 5.56 Å². The van der Waals surface area contributed by atoms with Gasteiger partial charge in [0.25, 0.3) is 15.9 Å². The van der Waals surface area contributed by atoms with Crippen LogP contribution in [0.5, 0.6) is 0 Å². The largest absolute Gasteiger partial charge is 0.619 e. The zero-order valence-electron chi connectivity index (χ0n) is 10.6. The number of aryl methyl sites for hydroxylation is 1. The molecule has 0 radical (unpaired) electrons. The van der Waals surface area contributed by atoms with Crippen LogP contribution in [0.15, 0.2) is 53.7 Å². The molecule has 6 nitrogen and oxygen atoms in total. The number of sulfonamides is 1. The summed E-state index contributed by atoms with van der Waals surface area (Å²) in [5.41, 5.74) is 1.33. The topological polar surface area (TPSA) is 90.2 Å². The second-order valence-electron chi connectivity index (χ2n) is 4.17. The van der Waals surface area contributed by atoms with Crippen molar-refractivity contribution >= 4 is 15.9 Å². The number of benzene rings is 1. The van der Waals surface area contributed by atoms with Crippen LogP contribution in [0.1, 0.15) is 15.9 Å². The van der Waals surface area contributed by atoms with Crippen molar-refractivity contribution in [2.24, 2.45) is 0 Å². The summed E-state index contributed by atoms with van der Waals surface area (Å²) in [4.78, 5) is 11.1. The van der Waals surface area contributed by atoms with Gasteiger partial charge in [0, 0.05) is 12.1 Å². The van der Waals surface area contributed by atoms with Gasteiger partial charge in [-0.15, -0.1) is 0 Å². The van der Waals surface area contributed by atoms with Crippen molar-refractivity contribution in [3.05, 3.63) is 65.1 Å². The van der Waals surface area contributed by atoms with Crippen molar-refractivity contribution in [3.8, 4) is 0 Å². The quantitative estimate of drug-likeness (QED) is 0.573. The van der Waals surface area contributed by atoms with E-state index in [-0.39, 0.29) is 10.5 Å². The predicted molar refractivity (Wildman–Crippen MR) is 71.2 cm³/mol. The molecule has 7 heteroatoms. The molecule has 1 aliphatic rings. The molecule has 104 valence electrons. The van der Waals surface area contributed by atoms with Gasteiger partial charge < -0.3 is 5.21 Å². The van der Waals surface area contributed by atoms with Gasteiger partial charge in [-0.05, 0) is 24.6 Å². The maximum atomic E-state index is 11.1. The summed E-state index contributed by atoms with van der Waals surface area (Å²) < 4.78 is 24.9. The van der Waals surface area contributed by atoms with Gasteiger partial charge in [0.15, 0.2) is 12.4 Å². The highest BCUT2D eigenvalue weighted by Crippen LogP contribution is 2.20. The Kier molecular flexibility index (Phi) is 3.71. The Bertz CT molecular complexity index is 718. The molecule has 0 spiro atoms. The van der Waals surface area contributed by atoms with Gasteiger partial charge in [-0.2, -0.15) is 4.73 Å². The molecule has 0 fully saturated rings. The number of carbonyl (C=O) groups is 1. The number of fused-ring (bicyclic) bond motifs is 1. The Balaban J connectivity index is 0.000000160. The van der Waals surface area contributed by atoms with E-state index >= 15 is 0 Å². The molecule has 1 aromatic heterocycles. The number of amides is 1. The van der Waals surface area contributed by atoms with Crippen LogP contribution in [-0.4, -0.2) is 14.3 Å². The molecule has 0 aliphatic carbocycles. The number of nitrogens with one attached hydrogen (secondary N) is 1. The molecule has 0 saturated heterocycles. The lowest BCUT2D eigenvalue weighted by molar-refractivity contribution is -0.605. The van der Waals surface area contributed by atoms with Crippen LogP contribution in [0.25, 0.3) is 0 Å². The summed E-state index contributed by atoms with van der Waals surface area (Å²) in [5, 5.41) is 10.3. The third-order valence-electron chi connectivity index (χ3n) is 2.62. The summed E-state index contributed by atoms with van der Waals surface area (Å²) >= 11 is 0. The lowest BCUT2D eigenvalue weighted by Crippen LogP contribution is -2.23. The minimum atomic E-state index is -3.55. The van der Waals surface area contributed by atoms with Gasteiger partial charge in [-0.25, -0.2) is 13.1 Å². The lowest BCUT2D eigenvalue weighted by atomic mass is 10.2. The van der Waals surface area contributed by atoms with Gasteiger partial charge >= 0.3 is 0 Å². The molecule has 2 heterocycles. The van der Waals surface area contributed by atoms with Gasteiger partial charge in [0.2, 0.25) is 0 Å². The van der Waals surface area contributed by atoms with Gasteiger partial charge in [-0.3, -0.25) is 4.79 Å². The highest BCUT2D eigenvalue weighted by Gasteiger charge is 2.31. The minimum Gasteiger partial charge on any atom is -0.619 e. The van der Waals surface area contributed by atoms with E-state index < -0.39 is 15.9 Å².